The number of nitriles is 1. The second kappa shape index (κ2) is 6.23. The maximum absolute atomic E-state index is 12.3. The summed E-state index contributed by atoms with van der Waals surface area (Å²) in [5, 5.41) is 12.5. The van der Waals surface area contributed by atoms with Gasteiger partial charge in [-0.25, -0.2) is 4.98 Å². The van der Waals surface area contributed by atoms with Gasteiger partial charge in [-0.05, 0) is 44.2 Å². The molecule has 1 amide bonds. The average molecular weight is 292 g/mol. The number of aryl methyl sites for hydroxylation is 1. The predicted molar refractivity (Wildman–Crippen MR) is 77.5 cm³/mol. The summed E-state index contributed by atoms with van der Waals surface area (Å²) in [6, 6.07) is 5.56. The number of halogens is 1. The monoisotopic (exact) mass is 291 g/mol. The number of hydrogen-bond acceptors (Lipinski definition) is 3. The molecule has 0 bridgehead atoms. The normalized spacial score (nSPS) is 16.6. The van der Waals surface area contributed by atoms with Crippen LogP contribution in [0.15, 0.2) is 12.1 Å². The van der Waals surface area contributed by atoms with E-state index < -0.39 is 5.54 Å². The van der Waals surface area contributed by atoms with E-state index in [-0.39, 0.29) is 5.91 Å². The zero-order valence-corrected chi connectivity index (χ0v) is 12.3. The predicted octanol–water partition coefficient (Wildman–Crippen LogP) is 3.25. The van der Waals surface area contributed by atoms with E-state index in [9.17, 15) is 10.1 Å². The van der Waals surface area contributed by atoms with Crippen LogP contribution in [-0.4, -0.2) is 16.4 Å². The van der Waals surface area contributed by atoms with Crippen molar-refractivity contribution in [3.05, 3.63) is 28.5 Å². The van der Waals surface area contributed by atoms with Gasteiger partial charge in [0.1, 0.15) is 10.7 Å². The number of nitrogens with zero attached hydrogens (tertiary/aromatic N) is 2. The molecule has 106 valence electrons. The van der Waals surface area contributed by atoms with Gasteiger partial charge in [0, 0.05) is 11.3 Å². The molecule has 5 heteroatoms. The number of aromatic nitrogens is 1. The van der Waals surface area contributed by atoms with Gasteiger partial charge >= 0.3 is 0 Å². The SMILES string of the molecule is CCCc1cc(C(=O)NC2(C#N)CCCC2)cc(Cl)n1. The minimum absolute atomic E-state index is 0.241. The number of carbonyl (C=O) groups is 1. The van der Waals surface area contributed by atoms with Crippen molar-refractivity contribution in [3.8, 4) is 6.07 Å². The maximum atomic E-state index is 12.3. The molecular weight excluding hydrogens is 274 g/mol. The lowest BCUT2D eigenvalue weighted by Gasteiger charge is -2.22. The van der Waals surface area contributed by atoms with Crippen molar-refractivity contribution in [1.29, 1.82) is 5.26 Å². The molecular formula is C15H18ClN3O. The number of rotatable bonds is 4. The third kappa shape index (κ3) is 3.29. The first-order chi connectivity index (χ1) is 9.58. The van der Waals surface area contributed by atoms with Crippen molar-refractivity contribution < 1.29 is 4.79 Å². The number of pyridine rings is 1. The van der Waals surface area contributed by atoms with Gasteiger partial charge in [0.15, 0.2) is 0 Å². The second-order valence-corrected chi connectivity index (χ2v) is 5.66. The first-order valence-corrected chi connectivity index (χ1v) is 7.36. The Morgan fingerprint density at radius 1 is 1.50 bits per heavy atom. The van der Waals surface area contributed by atoms with Gasteiger partial charge in [0.25, 0.3) is 5.91 Å². The topological polar surface area (TPSA) is 65.8 Å². The van der Waals surface area contributed by atoms with Crippen molar-refractivity contribution in [2.24, 2.45) is 0 Å². The van der Waals surface area contributed by atoms with Crippen LogP contribution in [0.5, 0.6) is 0 Å². The Kier molecular flexibility index (Phi) is 4.61. The van der Waals surface area contributed by atoms with Crippen LogP contribution in [0, 0.1) is 11.3 Å². The van der Waals surface area contributed by atoms with Gasteiger partial charge in [-0.3, -0.25) is 4.79 Å². The first kappa shape index (κ1) is 14.8. The molecule has 1 aromatic heterocycles. The smallest absolute Gasteiger partial charge is 0.252 e. The van der Waals surface area contributed by atoms with E-state index in [2.05, 4.69) is 16.4 Å². The van der Waals surface area contributed by atoms with Crippen LogP contribution in [-0.2, 0) is 6.42 Å². The van der Waals surface area contributed by atoms with Gasteiger partial charge in [0.2, 0.25) is 0 Å². The molecule has 1 aliphatic carbocycles. The zero-order chi connectivity index (χ0) is 14.6. The van der Waals surface area contributed by atoms with Crippen molar-refractivity contribution in [2.75, 3.05) is 0 Å². The molecule has 1 N–H and O–H groups in total. The van der Waals surface area contributed by atoms with Gasteiger partial charge in [-0.15, -0.1) is 0 Å². The van der Waals surface area contributed by atoms with E-state index in [1.807, 2.05) is 6.92 Å². The number of carbonyl (C=O) groups excluding carboxylic acids is 1. The van der Waals surface area contributed by atoms with E-state index in [1.54, 1.807) is 12.1 Å². The molecule has 0 saturated heterocycles. The number of hydrogen-bond donors (Lipinski definition) is 1. The summed E-state index contributed by atoms with van der Waals surface area (Å²) in [5.74, 6) is -0.241. The minimum atomic E-state index is -0.711. The van der Waals surface area contributed by atoms with Gasteiger partial charge in [-0.2, -0.15) is 5.26 Å². The lowest BCUT2D eigenvalue weighted by Crippen LogP contribution is -2.45. The van der Waals surface area contributed by atoms with Crippen LogP contribution in [0.1, 0.15) is 55.1 Å². The Morgan fingerprint density at radius 3 is 2.80 bits per heavy atom. The molecule has 0 aromatic carbocycles. The molecule has 0 unspecified atom stereocenters. The molecule has 0 atom stereocenters. The molecule has 1 aliphatic rings. The Hall–Kier alpha value is -1.60. The Morgan fingerprint density at radius 2 is 2.20 bits per heavy atom. The van der Waals surface area contributed by atoms with E-state index >= 15 is 0 Å². The summed E-state index contributed by atoms with van der Waals surface area (Å²) in [6.45, 7) is 2.05. The largest absolute Gasteiger partial charge is 0.334 e. The first-order valence-electron chi connectivity index (χ1n) is 6.99. The minimum Gasteiger partial charge on any atom is -0.334 e. The molecule has 1 saturated carbocycles. The fraction of sp³-hybridized carbons (Fsp3) is 0.533. The van der Waals surface area contributed by atoms with Crippen molar-refractivity contribution in [3.63, 3.8) is 0 Å². The Labute approximate surface area is 124 Å². The molecule has 0 aliphatic heterocycles. The summed E-state index contributed by atoms with van der Waals surface area (Å²) >= 11 is 5.96. The molecule has 2 rings (SSSR count). The highest BCUT2D eigenvalue weighted by molar-refractivity contribution is 6.29. The van der Waals surface area contributed by atoms with Gasteiger partial charge in [-0.1, -0.05) is 24.9 Å². The molecule has 1 heterocycles. The van der Waals surface area contributed by atoms with Crippen LogP contribution in [0.2, 0.25) is 5.15 Å². The zero-order valence-electron chi connectivity index (χ0n) is 11.6. The molecule has 4 nitrogen and oxygen atoms in total. The van der Waals surface area contributed by atoms with E-state index in [1.165, 1.54) is 0 Å². The maximum Gasteiger partial charge on any atom is 0.252 e. The third-order valence-electron chi connectivity index (χ3n) is 3.64. The molecule has 0 spiro atoms. The summed E-state index contributed by atoms with van der Waals surface area (Å²) in [5.41, 5.74) is 0.579. The van der Waals surface area contributed by atoms with E-state index in [0.717, 1.165) is 44.2 Å². The second-order valence-electron chi connectivity index (χ2n) is 5.28. The molecule has 20 heavy (non-hydrogen) atoms. The number of amides is 1. The van der Waals surface area contributed by atoms with Crippen molar-refractivity contribution >= 4 is 17.5 Å². The fourth-order valence-electron chi connectivity index (χ4n) is 2.60. The lowest BCUT2D eigenvalue weighted by atomic mass is 9.99. The summed E-state index contributed by atoms with van der Waals surface area (Å²) in [7, 11) is 0. The summed E-state index contributed by atoms with van der Waals surface area (Å²) in [6.07, 6.45) is 5.12. The van der Waals surface area contributed by atoms with Crippen LogP contribution in [0.3, 0.4) is 0 Å². The van der Waals surface area contributed by atoms with Crippen LogP contribution < -0.4 is 5.32 Å². The van der Waals surface area contributed by atoms with Crippen LogP contribution >= 0.6 is 11.6 Å². The highest BCUT2D eigenvalue weighted by Crippen LogP contribution is 2.29. The van der Waals surface area contributed by atoms with Crippen molar-refractivity contribution in [1.82, 2.24) is 10.3 Å². The van der Waals surface area contributed by atoms with Gasteiger partial charge in [0.05, 0.1) is 6.07 Å². The number of nitrogens with one attached hydrogen (secondary N) is 1. The summed E-state index contributed by atoms with van der Waals surface area (Å²) in [4.78, 5) is 16.5. The Balaban J connectivity index is 2.18. The standard InChI is InChI=1S/C15H18ClN3O/c1-2-5-12-8-11(9-13(16)18-12)14(20)19-15(10-17)6-3-4-7-15/h8-9H,2-7H2,1H3,(H,19,20). The molecule has 1 fully saturated rings. The summed E-state index contributed by atoms with van der Waals surface area (Å²) < 4.78 is 0. The quantitative estimate of drug-likeness (QED) is 0.866. The van der Waals surface area contributed by atoms with Gasteiger partial charge < -0.3 is 5.32 Å². The fourth-order valence-corrected chi connectivity index (χ4v) is 2.83. The highest BCUT2D eigenvalue weighted by atomic mass is 35.5. The van der Waals surface area contributed by atoms with E-state index in [4.69, 9.17) is 11.6 Å². The average Bonchev–Trinajstić information content (AvgIpc) is 2.87. The lowest BCUT2D eigenvalue weighted by molar-refractivity contribution is 0.0920. The van der Waals surface area contributed by atoms with Crippen molar-refractivity contribution in [2.45, 2.75) is 51.0 Å². The van der Waals surface area contributed by atoms with E-state index in [0.29, 0.717) is 10.7 Å². The third-order valence-corrected chi connectivity index (χ3v) is 3.83. The highest BCUT2D eigenvalue weighted by Gasteiger charge is 2.35. The van der Waals surface area contributed by atoms with Crippen LogP contribution in [0.25, 0.3) is 0 Å². The molecule has 1 aromatic rings. The molecule has 0 radical (unpaired) electrons. The van der Waals surface area contributed by atoms with Crippen LogP contribution in [0.4, 0.5) is 0 Å². The Bertz CT molecular complexity index is 545.